The lowest BCUT2D eigenvalue weighted by Crippen LogP contribution is -2.53. The van der Waals surface area contributed by atoms with Gasteiger partial charge in [0.2, 0.25) is 5.96 Å². The van der Waals surface area contributed by atoms with Gasteiger partial charge in [-0.05, 0) is 75.2 Å². The number of carbonyl (C=O) groups is 3. The first-order valence-electron chi connectivity index (χ1n) is 10.0. The number of carbonyl (C=O) groups excluding carboxylic acids is 3. The summed E-state index contributed by atoms with van der Waals surface area (Å²) in [6, 6.07) is -1.38. The molecule has 0 saturated carbocycles. The van der Waals surface area contributed by atoms with Crippen molar-refractivity contribution in [2.45, 2.75) is 98.0 Å². The van der Waals surface area contributed by atoms with Gasteiger partial charge in [0.05, 0.1) is 0 Å². The Hall–Kier alpha value is -2.56. The molecule has 1 atom stereocenters. The summed E-state index contributed by atoms with van der Waals surface area (Å²) in [5, 5.41) is 17.3. The van der Waals surface area contributed by atoms with E-state index in [0.29, 0.717) is 9.96 Å². The molecule has 0 aliphatic carbocycles. The van der Waals surface area contributed by atoms with E-state index in [9.17, 15) is 19.6 Å². The molecule has 0 aromatic carbocycles. The van der Waals surface area contributed by atoms with Crippen LogP contribution in [-0.4, -0.2) is 68.7 Å². The number of nitrogens with zero attached hydrogens (tertiary/aromatic N) is 2. The van der Waals surface area contributed by atoms with E-state index in [-0.39, 0.29) is 19.4 Å². The van der Waals surface area contributed by atoms with Gasteiger partial charge in [0.15, 0.2) is 0 Å². The summed E-state index contributed by atoms with van der Waals surface area (Å²) in [5.41, 5.74) is 2.44. The number of hydroxylamine groups is 2. The molecule has 0 saturated heterocycles. The first-order valence-corrected chi connectivity index (χ1v) is 10.0. The summed E-state index contributed by atoms with van der Waals surface area (Å²) in [6.45, 7) is 14.6. The molecule has 11 heteroatoms. The van der Waals surface area contributed by atoms with E-state index in [1.54, 1.807) is 62.3 Å². The number of rotatable bonds is 6. The lowest BCUT2D eigenvalue weighted by molar-refractivity contribution is -0.161. The highest BCUT2D eigenvalue weighted by molar-refractivity contribution is 5.94. The fraction of sp³-hybridized carbons (Fsp3) is 0.800. The smallest absolute Gasteiger partial charge is 0.420 e. The number of guanidine groups is 1. The average molecular weight is 447 g/mol. The first-order chi connectivity index (χ1) is 13.7. The number of imide groups is 1. The Bertz CT molecular complexity index is 632. The number of nitrogens with one attached hydrogen (secondary N) is 1. The van der Waals surface area contributed by atoms with Crippen LogP contribution in [0.4, 0.5) is 9.59 Å². The Morgan fingerprint density at radius 3 is 1.58 bits per heavy atom. The van der Waals surface area contributed by atoms with Gasteiger partial charge in [-0.3, -0.25) is 10.6 Å². The molecular formula is C20H38N4O7. The van der Waals surface area contributed by atoms with Crippen LogP contribution in [-0.2, 0) is 19.0 Å². The molecule has 0 heterocycles. The topological polar surface area (TPSA) is 155 Å². The highest BCUT2D eigenvalue weighted by atomic mass is 16.6. The predicted molar refractivity (Wildman–Crippen MR) is 114 cm³/mol. The normalized spacial score (nSPS) is 13.1. The molecule has 0 radical (unpaired) electrons. The molecule has 0 bridgehead atoms. The van der Waals surface area contributed by atoms with Gasteiger partial charge in [-0.1, -0.05) is 0 Å². The zero-order valence-electron chi connectivity index (χ0n) is 20.1. The van der Waals surface area contributed by atoms with Crippen molar-refractivity contribution in [2.75, 3.05) is 6.54 Å². The largest absolute Gasteiger partial charge is 0.458 e. The molecule has 0 spiro atoms. The van der Waals surface area contributed by atoms with Crippen molar-refractivity contribution in [2.24, 2.45) is 5.73 Å². The third-order valence-electron chi connectivity index (χ3n) is 3.30. The predicted octanol–water partition coefficient (Wildman–Crippen LogP) is 3.23. The molecule has 0 aromatic heterocycles. The molecule has 0 unspecified atom stereocenters. The standard InChI is InChI=1S/C20H38N4O7/c1-18(2,3)29-14(25)13(11-10-12-23(28)15(21)22)24(16(26)30-19(4,5)6)17(27)31-20(7,8)9/h13,28H,10-12H2,1-9H3,(H3,21,22)/t13-/m0/s1. The second kappa shape index (κ2) is 10.7. The van der Waals surface area contributed by atoms with Gasteiger partial charge in [-0.25, -0.2) is 19.4 Å². The molecule has 0 aliphatic heterocycles. The summed E-state index contributed by atoms with van der Waals surface area (Å²) < 4.78 is 16.1. The zero-order valence-corrected chi connectivity index (χ0v) is 20.1. The lowest BCUT2D eigenvalue weighted by atomic mass is 10.1. The second-order valence-corrected chi connectivity index (χ2v) is 10.0. The van der Waals surface area contributed by atoms with Gasteiger partial charge < -0.3 is 19.9 Å². The molecule has 2 amide bonds. The SMILES string of the molecule is CC(C)(C)OC(=O)[C@H](CCCN(O)C(=N)N)N(C(=O)OC(C)(C)C)C(=O)OC(C)(C)C. The van der Waals surface area contributed by atoms with Crippen LogP contribution in [0, 0.1) is 5.41 Å². The summed E-state index contributed by atoms with van der Waals surface area (Å²) in [4.78, 5) is 39.3. The van der Waals surface area contributed by atoms with Gasteiger partial charge in [0.25, 0.3) is 0 Å². The van der Waals surface area contributed by atoms with E-state index in [0.717, 1.165) is 0 Å². The minimum absolute atomic E-state index is 0.0856. The van der Waals surface area contributed by atoms with Crippen LogP contribution in [0.3, 0.4) is 0 Å². The minimum Gasteiger partial charge on any atom is -0.458 e. The average Bonchev–Trinajstić information content (AvgIpc) is 2.47. The first kappa shape index (κ1) is 28.4. The molecule has 0 aromatic rings. The summed E-state index contributed by atoms with van der Waals surface area (Å²) >= 11 is 0. The van der Waals surface area contributed by atoms with Crippen molar-refractivity contribution in [3.05, 3.63) is 0 Å². The maximum atomic E-state index is 12.9. The Balaban J connectivity index is 6.01. The summed E-state index contributed by atoms with van der Waals surface area (Å²) in [6.07, 6.45) is -2.12. The van der Waals surface area contributed by atoms with Gasteiger partial charge in [0, 0.05) is 6.54 Å². The maximum Gasteiger partial charge on any atom is 0.420 e. The summed E-state index contributed by atoms with van der Waals surface area (Å²) in [5.74, 6) is -1.42. The van der Waals surface area contributed by atoms with E-state index < -0.39 is 47.0 Å². The molecule has 180 valence electrons. The fourth-order valence-electron chi connectivity index (χ4n) is 2.23. The van der Waals surface area contributed by atoms with Crippen LogP contribution in [0.5, 0.6) is 0 Å². The second-order valence-electron chi connectivity index (χ2n) is 10.0. The van der Waals surface area contributed by atoms with Crippen molar-refractivity contribution in [1.82, 2.24) is 9.96 Å². The van der Waals surface area contributed by atoms with Crippen LogP contribution in [0.25, 0.3) is 0 Å². The molecule has 4 N–H and O–H groups in total. The zero-order chi connectivity index (χ0) is 24.8. The van der Waals surface area contributed by atoms with Crippen molar-refractivity contribution in [3.63, 3.8) is 0 Å². The number of amides is 2. The van der Waals surface area contributed by atoms with Crippen LogP contribution in [0.2, 0.25) is 0 Å². The van der Waals surface area contributed by atoms with Gasteiger partial charge in [0.1, 0.15) is 22.8 Å². The van der Waals surface area contributed by atoms with Crippen molar-refractivity contribution < 1.29 is 33.8 Å². The Kier molecular flexibility index (Phi) is 9.77. The molecule has 11 nitrogen and oxygen atoms in total. The van der Waals surface area contributed by atoms with Gasteiger partial charge in [-0.2, -0.15) is 4.90 Å². The highest BCUT2D eigenvalue weighted by Gasteiger charge is 2.41. The quantitative estimate of drug-likeness (QED) is 0.183. The third-order valence-corrected chi connectivity index (χ3v) is 3.30. The van der Waals surface area contributed by atoms with E-state index in [1.807, 2.05) is 0 Å². The van der Waals surface area contributed by atoms with Crippen molar-refractivity contribution >= 4 is 24.1 Å². The van der Waals surface area contributed by atoms with Crippen LogP contribution < -0.4 is 5.73 Å². The maximum absolute atomic E-state index is 12.9. The van der Waals surface area contributed by atoms with Crippen LogP contribution >= 0.6 is 0 Å². The van der Waals surface area contributed by atoms with Crippen LogP contribution in [0.15, 0.2) is 0 Å². The summed E-state index contributed by atoms with van der Waals surface area (Å²) in [7, 11) is 0. The third kappa shape index (κ3) is 12.0. The molecule has 0 fully saturated rings. The molecule has 0 rings (SSSR count). The molecule has 31 heavy (non-hydrogen) atoms. The van der Waals surface area contributed by atoms with Crippen LogP contribution in [0.1, 0.15) is 75.2 Å². The number of ether oxygens (including phenoxy) is 3. The van der Waals surface area contributed by atoms with E-state index >= 15 is 0 Å². The molecule has 0 aliphatic rings. The number of nitrogens with two attached hydrogens (primary N) is 1. The highest BCUT2D eigenvalue weighted by Crippen LogP contribution is 2.21. The Labute approximate surface area is 184 Å². The van der Waals surface area contributed by atoms with Crippen molar-refractivity contribution in [3.8, 4) is 0 Å². The Morgan fingerprint density at radius 2 is 1.26 bits per heavy atom. The lowest BCUT2D eigenvalue weighted by Gasteiger charge is -2.33. The van der Waals surface area contributed by atoms with E-state index in [1.165, 1.54) is 0 Å². The number of esters is 1. The fourth-order valence-corrected chi connectivity index (χ4v) is 2.23. The molecular weight excluding hydrogens is 408 g/mol. The monoisotopic (exact) mass is 446 g/mol. The van der Waals surface area contributed by atoms with E-state index in [4.69, 9.17) is 25.4 Å². The van der Waals surface area contributed by atoms with Crippen molar-refractivity contribution in [1.29, 1.82) is 5.41 Å². The number of hydrogen-bond donors (Lipinski definition) is 3. The number of hydrogen-bond acceptors (Lipinski definition) is 8. The minimum atomic E-state index is -1.38. The van der Waals surface area contributed by atoms with Gasteiger partial charge >= 0.3 is 18.2 Å². The van der Waals surface area contributed by atoms with Gasteiger partial charge in [-0.15, -0.1) is 0 Å². The Morgan fingerprint density at radius 1 is 0.871 bits per heavy atom. The van der Waals surface area contributed by atoms with E-state index in [2.05, 4.69) is 0 Å².